The van der Waals surface area contributed by atoms with Crippen molar-refractivity contribution in [2.75, 3.05) is 0 Å². The smallest absolute Gasteiger partial charge is 0.114 e. The Morgan fingerprint density at radius 2 is 2.57 bits per heavy atom. The molecule has 0 amide bonds. The van der Waals surface area contributed by atoms with Crippen LogP contribution in [0.3, 0.4) is 0 Å². The Hall–Kier alpha value is -0.195. The summed E-state index contributed by atoms with van der Waals surface area (Å²) in [5.74, 6) is 0.861. The summed E-state index contributed by atoms with van der Waals surface area (Å²) in [6, 6.07) is 0. The van der Waals surface area contributed by atoms with Crippen molar-refractivity contribution in [3.05, 3.63) is 11.5 Å². The maximum Gasteiger partial charge on any atom is 0.133 e. The van der Waals surface area contributed by atoms with Gasteiger partial charge in [-0.1, -0.05) is 13.0 Å². The third-order valence-corrected chi connectivity index (χ3v) is 1.56. The second-order valence-corrected chi connectivity index (χ2v) is 2.53. The lowest BCUT2D eigenvalue weighted by molar-refractivity contribution is 0.700. The Morgan fingerprint density at radius 1 is 1.86 bits per heavy atom. The second-order valence-electron chi connectivity index (χ2n) is 2.53. The average molecular weight is 94.0 g/mol. The Kier molecular flexibility index (Phi) is 1.22. The third kappa shape index (κ3) is 1.08. The molecule has 38 valence electrons. The third-order valence-electron chi connectivity index (χ3n) is 1.56. The van der Waals surface area contributed by atoms with E-state index in [2.05, 4.69) is 20.8 Å². The van der Waals surface area contributed by atoms with Crippen LogP contribution < -0.4 is 0 Å². The van der Waals surface area contributed by atoms with Crippen molar-refractivity contribution in [2.24, 2.45) is 5.92 Å². The molecule has 1 rings (SSSR count). The fourth-order valence-electron chi connectivity index (χ4n) is 1.11. The summed E-state index contributed by atoms with van der Waals surface area (Å²) in [6.07, 6.45) is 5.08. The van der Waals surface area contributed by atoms with Crippen molar-refractivity contribution in [1.29, 1.82) is 0 Å². The first kappa shape index (κ1) is 4.95. The average Bonchev–Trinajstić information content (AvgIpc) is 1.87. The number of allylic oxidation sites excluding steroid dienone is 2. The van der Waals surface area contributed by atoms with E-state index in [4.69, 9.17) is 0 Å². The maximum atomic E-state index is 2.36. The van der Waals surface area contributed by atoms with Crippen LogP contribution in [0, 0.1) is 5.92 Å². The van der Waals surface area contributed by atoms with Gasteiger partial charge in [0, 0.05) is 0 Å². The molecular formula is C6H11B. The molecule has 0 fully saturated rings. The minimum atomic E-state index is 0.861. The van der Waals surface area contributed by atoms with Crippen molar-refractivity contribution in [3.63, 3.8) is 0 Å². The highest BCUT2D eigenvalue weighted by molar-refractivity contribution is 6.21. The van der Waals surface area contributed by atoms with Gasteiger partial charge in [0.05, 0.1) is 0 Å². The predicted molar refractivity (Wildman–Crippen MR) is 35.0 cm³/mol. The number of hydrogen-bond acceptors (Lipinski definition) is 0. The molecule has 1 aliphatic carbocycles. The van der Waals surface area contributed by atoms with Gasteiger partial charge in [-0.3, -0.25) is 0 Å². The van der Waals surface area contributed by atoms with Crippen LogP contribution in [0.2, 0.25) is 0 Å². The van der Waals surface area contributed by atoms with Gasteiger partial charge in [-0.05, 0) is 18.8 Å². The summed E-state index contributed by atoms with van der Waals surface area (Å²) in [7, 11) is 2.21. The Bertz CT molecular complexity index is 94.4. The molecule has 0 spiro atoms. The highest BCUT2D eigenvalue weighted by Crippen LogP contribution is 2.20. The van der Waals surface area contributed by atoms with E-state index in [1.807, 2.05) is 0 Å². The molecule has 0 saturated carbocycles. The molecule has 0 aromatic carbocycles. The normalized spacial score (nSPS) is 30.4. The summed E-state index contributed by atoms with van der Waals surface area (Å²) in [5.41, 5.74) is 1.58. The van der Waals surface area contributed by atoms with Crippen LogP contribution in [-0.4, -0.2) is 7.85 Å². The standard InChI is InChI=1S/C6H11B/c1-5-2-3-6(7)4-5/h4-5H,2-3,7H2,1H3. The van der Waals surface area contributed by atoms with Crippen LogP contribution >= 0.6 is 0 Å². The highest BCUT2D eigenvalue weighted by Gasteiger charge is 2.05. The lowest BCUT2D eigenvalue weighted by Gasteiger charge is -1.89. The zero-order valence-corrected chi connectivity index (χ0v) is 5.07. The largest absolute Gasteiger partial charge is 0.133 e. The van der Waals surface area contributed by atoms with Gasteiger partial charge >= 0.3 is 0 Å². The van der Waals surface area contributed by atoms with Gasteiger partial charge < -0.3 is 0 Å². The van der Waals surface area contributed by atoms with E-state index >= 15 is 0 Å². The molecule has 0 bridgehead atoms. The van der Waals surface area contributed by atoms with E-state index in [0.29, 0.717) is 0 Å². The molecule has 1 aliphatic rings. The summed E-state index contributed by atoms with van der Waals surface area (Å²) < 4.78 is 0. The molecule has 0 radical (unpaired) electrons. The monoisotopic (exact) mass is 94.1 g/mol. The van der Waals surface area contributed by atoms with Crippen LogP contribution in [0.15, 0.2) is 11.5 Å². The predicted octanol–water partition coefficient (Wildman–Crippen LogP) is 0.933. The van der Waals surface area contributed by atoms with Crippen LogP contribution in [0.5, 0.6) is 0 Å². The van der Waals surface area contributed by atoms with Crippen LogP contribution in [0.4, 0.5) is 0 Å². The molecule has 1 heteroatoms. The topological polar surface area (TPSA) is 0 Å². The van der Waals surface area contributed by atoms with Crippen molar-refractivity contribution >= 4 is 7.85 Å². The van der Waals surface area contributed by atoms with E-state index in [-0.39, 0.29) is 0 Å². The SMILES string of the molecule is BC1=CC(C)CC1. The van der Waals surface area contributed by atoms with Crippen LogP contribution in [-0.2, 0) is 0 Å². The molecule has 1 unspecified atom stereocenters. The summed E-state index contributed by atoms with van der Waals surface area (Å²) in [5, 5.41) is 0. The molecule has 0 aliphatic heterocycles. The van der Waals surface area contributed by atoms with E-state index in [1.165, 1.54) is 12.8 Å². The van der Waals surface area contributed by atoms with Gasteiger partial charge in [0.1, 0.15) is 7.85 Å². The maximum absolute atomic E-state index is 2.36. The molecule has 0 saturated heterocycles. The Balaban J connectivity index is 2.50. The van der Waals surface area contributed by atoms with Gasteiger partial charge in [-0.15, -0.1) is 5.47 Å². The summed E-state index contributed by atoms with van der Waals surface area (Å²) >= 11 is 0. The van der Waals surface area contributed by atoms with E-state index in [1.54, 1.807) is 5.47 Å². The van der Waals surface area contributed by atoms with Crippen molar-refractivity contribution in [3.8, 4) is 0 Å². The van der Waals surface area contributed by atoms with E-state index in [0.717, 1.165) is 5.92 Å². The summed E-state index contributed by atoms with van der Waals surface area (Å²) in [6.45, 7) is 2.27. The molecular weight excluding hydrogens is 82.9 g/mol. The van der Waals surface area contributed by atoms with E-state index in [9.17, 15) is 0 Å². The molecule has 0 N–H and O–H groups in total. The number of hydrogen-bond donors (Lipinski definition) is 0. The highest BCUT2D eigenvalue weighted by atomic mass is 14.1. The van der Waals surface area contributed by atoms with Crippen LogP contribution in [0.1, 0.15) is 19.8 Å². The molecule has 0 aromatic heterocycles. The molecule has 7 heavy (non-hydrogen) atoms. The molecule has 1 atom stereocenters. The molecule has 0 aromatic rings. The fourth-order valence-corrected chi connectivity index (χ4v) is 1.11. The van der Waals surface area contributed by atoms with E-state index < -0.39 is 0 Å². The zero-order valence-electron chi connectivity index (χ0n) is 5.07. The van der Waals surface area contributed by atoms with Gasteiger partial charge in [0.25, 0.3) is 0 Å². The lowest BCUT2D eigenvalue weighted by Crippen LogP contribution is -1.76. The fraction of sp³-hybridized carbons (Fsp3) is 0.667. The van der Waals surface area contributed by atoms with Crippen molar-refractivity contribution in [1.82, 2.24) is 0 Å². The minimum Gasteiger partial charge on any atom is -0.114 e. The minimum absolute atomic E-state index is 0.861. The zero-order chi connectivity index (χ0) is 5.28. The summed E-state index contributed by atoms with van der Waals surface area (Å²) in [4.78, 5) is 0. The van der Waals surface area contributed by atoms with Gasteiger partial charge in [0.2, 0.25) is 0 Å². The number of rotatable bonds is 0. The Labute approximate surface area is 46.0 Å². The van der Waals surface area contributed by atoms with Gasteiger partial charge in [-0.25, -0.2) is 0 Å². The van der Waals surface area contributed by atoms with Gasteiger partial charge in [0.15, 0.2) is 0 Å². The quantitative estimate of drug-likeness (QED) is 0.392. The lowest BCUT2D eigenvalue weighted by atomic mass is 9.96. The Morgan fingerprint density at radius 3 is 2.71 bits per heavy atom. The second kappa shape index (κ2) is 1.73. The first-order valence-electron chi connectivity index (χ1n) is 2.96. The van der Waals surface area contributed by atoms with Crippen molar-refractivity contribution < 1.29 is 0 Å². The first-order valence-corrected chi connectivity index (χ1v) is 2.96. The van der Waals surface area contributed by atoms with Crippen molar-refractivity contribution in [2.45, 2.75) is 19.8 Å². The van der Waals surface area contributed by atoms with Gasteiger partial charge in [-0.2, -0.15) is 0 Å². The first-order chi connectivity index (χ1) is 3.29. The van der Waals surface area contributed by atoms with Crippen LogP contribution in [0.25, 0.3) is 0 Å². The molecule has 0 nitrogen and oxygen atoms in total. The molecule has 0 heterocycles.